The van der Waals surface area contributed by atoms with Gasteiger partial charge in [0.05, 0.1) is 0 Å². The molecule has 0 saturated carbocycles. The maximum absolute atomic E-state index is 12.7. The van der Waals surface area contributed by atoms with Gasteiger partial charge in [-0.25, -0.2) is 8.42 Å². The van der Waals surface area contributed by atoms with Crippen molar-refractivity contribution >= 4 is 50.2 Å². The molecule has 37 heavy (non-hydrogen) atoms. The third kappa shape index (κ3) is 6.63. The van der Waals surface area contributed by atoms with Crippen LogP contribution in [0.3, 0.4) is 0 Å². The summed E-state index contributed by atoms with van der Waals surface area (Å²) in [5.74, 6) is -0.613. The van der Waals surface area contributed by atoms with Crippen LogP contribution in [0.15, 0.2) is 94.5 Å². The van der Waals surface area contributed by atoms with Crippen LogP contribution < -0.4 is 15.4 Å². The molecule has 0 aliphatic rings. The van der Waals surface area contributed by atoms with E-state index in [0.29, 0.717) is 28.2 Å². The predicted octanol–water partition coefficient (Wildman–Crippen LogP) is 6.35. The van der Waals surface area contributed by atoms with Gasteiger partial charge in [0.2, 0.25) is 0 Å². The summed E-state index contributed by atoms with van der Waals surface area (Å²) in [6.07, 6.45) is 0. The molecule has 0 atom stereocenters. The maximum atomic E-state index is 12.7. The van der Waals surface area contributed by atoms with Gasteiger partial charge in [-0.15, -0.1) is 11.3 Å². The lowest BCUT2D eigenvalue weighted by Gasteiger charge is -2.19. The van der Waals surface area contributed by atoms with Crippen LogP contribution in [0.5, 0.6) is 0 Å². The number of nitrogens with one attached hydrogen (secondary N) is 3. The van der Waals surface area contributed by atoms with Crippen LogP contribution in [-0.4, -0.2) is 20.2 Å². The third-order valence-corrected chi connectivity index (χ3v) is 8.33. The molecule has 9 heteroatoms. The van der Waals surface area contributed by atoms with Crippen molar-refractivity contribution in [1.82, 2.24) is 0 Å². The van der Waals surface area contributed by atoms with Crippen LogP contribution in [0.1, 0.15) is 47.1 Å². The zero-order valence-corrected chi connectivity index (χ0v) is 22.2. The monoisotopic (exact) mass is 533 g/mol. The fraction of sp³-hybridized carbons (Fsp3) is 0.143. The molecule has 190 valence electrons. The Morgan fingerprint density at radius 3 is 1.73 bits per heavy atom. The standard InChI is InChI=1S/C28H27N3O4S2/c1-28(2,3)21-13-9-19(10-14-21)26(32)29-23-6-4-7-24(18-23)30-27(33)20-11-15-22(16-12-20)31-37(34,35)25-8-5-17-36-25/h4-18,31H,1-3H3,(H,29,32)(H,30,33). The van der Waals surface area contributed by atoms with E-state index in [4.69, 9.17) is 0 Å². The number of carbonyl (C=O) groups excluding carboxylic acids is 2. The van der Waals surface area contributed by atoms with E-state index in [1.165, 1.54) is 30.3 Å². The second kappa shape index (κ2) is 10.6. The number of rotatable bonds is 7. The van der Waals surface area contributed by atoms with Crippen molar-refractivity contribution in [2.24, 2.45) is 0 Å². The molecule has 7 nitrogen and oxygen atoms in total. The van der Waals surface area contributed by atoms with Crippen LogP contribution in [0.25, 0.3) is 0 Å². The van der Waals surface area contributed by atoms with Crippen LogP contribution in [0, 0.1) is 0 Å². The van der Waals surface area contributed by atoms with Gasteiger partial charge in [0, 0.05) is 28.2 Å². The number of benzene rings is 3. The van der Waals surface area contributed by atoms with Gasteiger partial charge in [0.25, 0.3) is 21.8 Å². The van der Waals surface area contributed by atoms with Crippen LogP contribution in [-0.2, 0) is 15.4 Å². The van der Waals surface area contributed by atoms with E-state index in [0.717, 1.165) is 16.9 Å². The summed E-state index contributed by atoms with van der Waals surface area (Å²) in [6.45, 7) is 6.35. The molecule has 0 spiro atoms. The van der Waals surface area contributed by atoms with Gasteiger partial charge in [-0.2, -0.15) is 0 Å². The van der Waals surface area contributed by atoms with Crippen molar-refractivity contribution in [3.8, 4) is 0 Å². The van der Waals surface area contributed by atoms with Gasteiger partial charge in [0.1, 0.15) is 4.21 Å². The zero-order valence-electron chi connectivity index (χ0n) is 20.6. The predicted molar refractivity (Wildman–Crippen MR) is 149 cm³/mol. The quantitative estimate of drug-likeness (QED) is 0.257. The van der Waals surface area contributed by atoms with E-state index in [1.807, 2.05) is 12.1 Å². The Bertz CT molecular complexity index is 1510. The Morgan fingerprint density at radius 1 is 0.703 bits per heavy atom. The van der Waals surface area contributed by atoms with Crippen molar-refractivity contribution in [1.29, 1.82) is 0 Å². The number of hydrogen-bond donors (Lipinski definition) is 3. The first-order valence-corrected chi connectivity index (χ1v) is 13.9. The normalized spacial score (nSPS) is 11.5. The molecule has 1 heterocycles. The number of sulfonamides is 1. The van der Waals surface area contributed by atoms with E-state index < -0.39 is 10.0 Å². The molecule has 0 bridgehead atoms. The summed E-state index contributed by atoms with van der Waals surface area (Å²) < 4.78 is 27.4. The van der Waals surface area contributed by atoms with Crippen molar-refractivity contribution in [2.75, 3.05) is 15.4 Å². The highest BCUT2D eigenvalue weighted by Gasteiger charge is 2.16. The number of hydrogen-bond acceptors (Lipinski definition) is 5. The molecule has 0 saturated heterocycles. The number of carbonyl (C=O) groups is 2. The van der Waals surface area contributed by atoms with Gasteiger partial charge in [-0.3, -0.25) is 14.3 Å². The summed E-state index contributed by atoms with van der Waals surface area (Å²) in [7, 11) is -3.66. The first-order chi connectivity index (χ1) is 17.5. The second-order valence-electron chi connectivity index (χ2n) is 9.43. The highest BCUT2D eigenvalue weighted by molar-refractivity contribution is 7.94. The molecule has 0 aliphatic carbocycles. The fourth-order valence-corrected chi connectivity index (χ4v) is 5.57. The minimum Gasteiger partial charge on any atom is -0.322 e. The lowest BCUT2D eigenvalue weighted by atomic mass is 9.87. The molecule has 2 amide bonds. The van der Waals surface area contributed by atoms with Gasteiger partial charge >= 0.3 is 0 Å². The SMILES string of the molecule is CC(C)(C)c1ccc(C(=O)Nc2cccc(NC(=O)c3ccc(NS(=O)(=O)c4cccs4)cc3)c2)cc1. The number of amides is 2. The summed E-state index contributed by atoms with van der Waals surface area (Å²) in [5.41, 5.74) is 3.44. The minimum absolute atomic E-state index is 0.000223. The average molecular weight is 534 g/mol. The first kappa shape index (κ1) is 26.1. The van der Waals surface area contributed by atoms with E-state index in [9.17, 15) is 18.0 Å². The molecule has 3 aromatic carbocycles. The Morgan fingerprint density at radius 2 is 1.24 bits per heavy atom. The van der Waals surface area contributed by atoms with E-state index in [-0.39, 0.29) is 21.4 Å². The fourth-order valence-electron chi connectivity index (χ4n) is 3.51. The molecule has 0 unspecified atom stereocenters. The molecule has 0 fully saturated rings. The number of anilines is 3. The van der Waals surface area contributed by atoms with Crippen molar-refractivity contribution in [2.45, 2.75) is 30.4 Å². The summed E-state index contributed by atoms with van der Waals surface area (Å²) in [6, 6.07) is 23.7. The zero-order chi connectivity index (χ0) is 26.6. The van der Waals surface area contributed by atoms with E-state index in [1.54, 1.807) is 47.8 Å². The maximum Gasteiger partial charge on any atom is 0.271 e. The topological polar surface area (TPSA) is 104 Å². The number of thiophene rings is 1. The molecule has 4 aromatic rings. The molecule has 0 aliphatic heterocycles. The first-order valence-electron chi connectivity index (χ1n) is 11.5. The van der Waals surface area contributed by atoms with E-state index >= 15 is 0 Å². The highest BCUT2D eigenvalue weighted by atomic mass is 32.2. The largest absolute Gasteiger partial charge is 0.322 e. The lowest BCUT2D eigenvalue weighted by molar-refractivity contribution is 0.101. The molecular weight excluding hydrogens is 506 g/mol. The molecular formula is C28H27N3O4S2. The van der Waals surface area contributed by atoms with Gasteiger partial charge in [-0.1, -0.05) is 45.0 Å². The lowest BCUT2D eigenvalue weighted by Crippen LogP contribution is -2.15. The molecule has 4 rings (SSSR count). The Labute approximate surface area is 220 Å². The smallest absolute Gasteiger partial charge is 0.271 e. The Balaban J connectivity index is 1.38. The molecule has 3 N–H and O–H groups in total. The third-order valence-electron chi connectivity index (χ3n) is 5.55. The van der Waals surface area contributed by atoms with Crippen LogP contribution >= 0.6 is 11.3 Å². The summed E-state index contributed by atoms with van der Waals surface area (Å²) in [4.78, 5) is 25.4. The van der Waals surface area contributed by atoms with Crippen LogP contribution in [0.2, 0.25) is 0 Å². The summed E-state index contributed by atoms with van der Waals surface area (Å²) >= 11 is 1.12. The van der Waals surface area contributed by atoms with Gasteiger partial charge in [-0.05, 0) is 77.0 Å². The summed E-state index contributed by atoms with van der Waals surface area (Å²) in [5, 5.41) is 7.34. The molecule has 1 aromatic heterocycles. The second-order valence-corrected chi connectivity index (χ2v) is 12.3. The molecule has 0 radical (unpaired) electrons. The van der Waals surface area contributed by atoms with E-state index in [2.05, 4.69) is 36.1 Å². The minimum atomic E-state index is -3.66. The van der Waals surface area contributed by atoms with Gasteiger partial charge in [0.15, 0.2) is 0 Å². The van der Waals surface area contributed by atoms with Gasteiger partial charge < -0.3 is 10.6 Å². The van der Waals surface area contributed by atoms with Crippen LogP contribution in [0.4, 0.5) is 17.1 Å². The highest BCUT2D eigenvalue weighted by Crippen LogP contribution is 2.24. The Kier molecular flexibility index (Phi) is 7.47. The van der Waals surface area contributed by atoms with Crippen molar-refractivity contribution in [3.63, 3.8) is 0 Å². The van der Waals surface area contributed by atoms with Crippen molar-refractivity contribution < 1.29 is 18.0 Å². The Hall–Kier alpha value is -3.95. The van der Waals surface area contributed by atoms with Crippen molar-refractivity contribution in [3.05, 3.63) is 107 Å². The average Bonchev–Trinajstić information content (AvgIpc) is 3.40.